The largest absolute Gasteiger partial charge is 0.468 e. The molecule has 0 amide bonds. The lowest BCUT2D eigenvalue weighted by atomic mass is 10.4. The summed E-state index contributed by atoms with van der Waals surface area (Å²) in [4.78, 5) is 15.4. The lowest BCUT2D eigenvalue weighted by Gasteiger charge is -2.09. The third-order valence-electron chi connectivity index (χ3n) is 1.99. The van der Waals surface area contributed by atoms with Gasteiger partial charge < -0.3 is 10.1 Å². The van der Waals surface area contributed by atoms with Crippen LogP contribution in [0.15, 0.2) is 11.1 Å². The minimum absolute atomic E-state index is 0.165. The summed E-state index contributed by atoms with van der Waals surface area (Å²) in [5.74, 6) is 0.420. The van der Waals surface area contributed by atoms with Crippen LogP contribution in [0.4, 0.5) is 5.82 Å². The number of ether oxygens (including phenoxy) is 1. The van der Waals surface area contributed by atoms with Crippen molar-refractivity contribution in [3.8, 4) is 0 Å². The van der Waals surface area contributed by atoms with Crippen molar-refractivity contribution in [3.63, 3.8) is 0 Å². The van der Waals surface area contributed by atoms with Crippen molar-refractivity contribution in [3.05, 3.63) is 16.1 Å². The van der Waals surface area contributed by atoms with Crippen LogP contribution in [0.3, 0.4) is 0 Å². The molecule has 0 saturated heterocycles. The molecule has 0 aromatic carbocycles. The molecule has 1 N–H and O–H groups in total. The van der Waals surface area contributed by atoms with Crippen molar-refractivity contribution < 1.29 is 9.53 Å². The van der Waals surface area contributed by atoms with Crippen molar-refractivity contribution in [1.29, 1.82) is 0 Å². The smallest absolute Gasteiger partial charge is 0.316 e. The summed E-state index contributed by atoms with van der Waals surface area (Å²) >= 11 is 13.3. The second-order valence-electron chi connectivity index (χ2n) is 3.40. The Bertz CT molecular complexity index is 430. The highest BCUT2D eigenvalue weighted by molar-refractivity contribution is 8.00. The van der Waals surface area contributed by atoms with Crippen LogP contribution in [0, 0.1) is 0 Å². The normalized spacial score (nSPS) is 10.2. The van der Waals surface area contributed by atoms with E-state index in [1.54, 1.807) is 6.07 Å². The summed E-state index contributed by atoms with van der Waals surface area (Å²) in [7, 11) is 1.34. The summed E-state index contributed by atoms with van der Waals surface area (Å²) in [5, 5.41) is 4.56. The van der Waals surface area contributed by atoms with Crippen LogP contribution in [-0.2, 0) is 9.53 Å². The van der Waals surface area contributed by atoms with Crippen LogP contribution < -0.4 is 5.32 Å². The van der Waals surface area contributed by atoms with Gasteiger partial charge in [-0.3, -0.25) is 4.79 Å². The molecule has 4 nitrogen and oxygen atoms in total. The zero-order valence-corrected chi connectivity index (χ0v) is 12.5. The summed E-state index contributed by atoms with van der Waals surface area (Å²) in [6, 6.07) is 1.62. The quantitative estimate of drug-likeness (QED) is 0.644. The van der Waals surface area contributed by atoms with Crippen molar-refractivity contribution in [2.75, 3.05) is 24.7 Å². The standard InChI is InChI=1S/C11H14Cl2N2O2S/c1-3-4-14-10-7(12)5-8(13)11(15-10)18-6-9(16)17-2/h5H,3-4,6H2,1-2H3,(H,14,15). The Morgan fingerprint density at radius 2 is 2.22 bits per heavy atom. The number of nitrogens with zero attached hydrogens (tertiary/aromatic N) is 1. The number of hydrogen-bond acceptors (Lipinski definition) is 5. The predicted molar refractivity (Wildman–Crippen MR) is 75.8 cm³/mol. The van der Waals surface area contributed by atoms with Gasteiger partial charge in [-0.15, -0.1) is 0 Å². The Morgan fingerprint density at radius 3 is 2.83 bits per heavy atom. The molecule has 1 aromatic heterocycles. The molecule has 7 heteroatoms. The highest BCUT2D eigenvalue weighted by Gasteiger charge is 2.11. The van der Waals surface area contributed by atoms with Crippen LogP contribution >= 0.6 is 35.0 Å². The van der Waals surface area contributed by atoms with Gasteiger partial charge in [-0.2, -0.15) is 0 Å². The Labute approximate surface area is 120 Å². The fourth-order valence-corrected chi connectivity index (χ4v) is 2.42. The molecule has 100 valence electrons. The van der Waals surface area contributed by atoms with Crippen LogP contribution in [0.2, 0.25) is 10.0 Å². The first-order chi connectivity index (χ1) is 8.58. The summed E-state index contributed by atoms with van der Waals surface area (Å²) in [6.07, 6.45) is 0.964. The Kier molecular flexibility index (Phi) is 6.60. The third kappa shape index (κ3) is 4.55. The molecular formula is C11H14Cl2N2O2S. The van der Waals surface area contributed by atoms with E-state index in [4.69, 9.17) is 23.2 Å². The highest BCUT2D eigenvalue weighted by Crippen LogP contribution is 2.31. The lowest BCUT2D eigenvalue weighted by Crippen LogP contribution is -2.05. The minimum Gasteiger partial charge on any atom is -0.468 e. The zero-order chi connectivity index (χ0) is 13.5. The molecule has 0 radical (unpaired) electrons. The van der Waals surface area contributed by atoms with E-state index < -0.39 is 0 Å². The molecule has 0 bridgehead atoms. The van der Waals surface area contributed by atoms with Gasteiger partial charge in [-0.1, -0.05) is 41.9 Å². The van der Waals surface area contributed by atoms with Crippen molar-refractivity contribution in [2.45, 2.75) is 18.4 Å². The molecule has 0 aliphatic rings. The van der Waals surface area contributed by atoms with Gasteiger partial charge in [0.05, 0.1) is 22.9 Å². The molecule has 0 atom stereocenters. The maximum Gasteiger partial charge on any atom is 0.316 e. The predicted octanol–water partition coefficient (Wildman–Crippen LogP) is 3.48. The van der Waals surface area contributed by atoms with Gasteiger partial charge >= 0.3 is 5.97 Å². The number of methoxy groups -OCH3 is 1. The SMILES string of the molecule is CCCNc1nc(SCC(=O)OC)c(Cl)cc1Cl. The molecule has 0 aliphatic carbocycles. The second-order valence-corrected chi connectivity index (χ2v) is 5.18. The summed E-state index contributed by atoms with van der Waals surface area (Å²) < 4.78 is 4.56. The number of carbonyl (C=O) groups excluding carboxylic acids is 1. The summed E-state index contributed by atoms with van der Waals surface area (Å²) in [6.45, 7) is 2.82. The number of nitrogens with one attached hydrogen (secondary N) is 1. The molecule has 0 spiro atoms. The molecule has 0 aliphatic heterocycles. The molecule has 1 aromatic rings. The molecule has 0 fully saturated rings. The number of pyridine rings is 1. The van der Waals surface area contributed by atoms with E-state index in [1.165, 1.54) is 18.9 Å². The average molecular weight is 309 g/mol. The fourth-order valence-electron chi connectivity index (χ4n) is 1.10. The Morgan fingerprint density at radius 1 is 1.50 bits per heavy atom. The number of thioether (sulfide) groups is 1. The summed E-state index contributed by atoms with van der Waals surface area (Å²) in [5.41, 5.74) is 0. The molecule has 0 saturated carbocycles. The Balaban J connectivity index is 2.80. The van der Waals surface area contributed by atoms with Crippen molar-refractivity contribution >= 4 is 46.8 Å². The van der Waals surface area contributed by atoms with Crippen molar-refractivity contribution in [2.24, 2.45) is 0 Å². The van der Waals surface area contributed by atoms with Gasteiger partial charge in [0.15, 0.2) is 0 Å². The molecule has 18 heavy (non-hydrogen) atoms. The van der Waals surface area contributed by atoms with Crippen molar-refractivity contribution in [1.82, 2.24) is 4.98 Å². The zero-order valence-electron chi connectivity index (χ0n) is 10.1. The Hall–Kier alpha value is -0.650. The maximum absolute atomic E-state index is 11.1. The van der Waals surface area contributed by atoms with E-state index in [0.717, 1.165) is 13.0 Å². The number of esters is 1. The number of carbonyl (C=O) groups is 1. The van der Waals surface area contributed by atoms with Crippen LogP contribution in [0.25, 0.3) is 0 Å². The van der Waals surface area contributed by atoms with E-state index in [-0.39, 0.29) is 11.7 Å². The fraction of sp³-hybridized carbons (Fsp3) is 0.455. The van der Waals surface area contributed by atoms with Gasteiger partial charge in [0.1, 0.15) is 10.8 Å². The van der Waals surface area contributed by atoms with E-state index in [0.29, 0.717) is 20.9 Å². The van der Waals surface area contributed by atoms with E-state index in [1.807, 2.05) is 6.92 Å². The van der Waals surface area contributed by atoms with E-state index >= 15 is 0 Å². The number of halogens is 2. The molecular weight excluding hydrogens is 295 g/mol. The second kappa shape index (κ2) is 7.71. The van der Waals surface area contributed by atoms with Crippen LogP contribution in [0.1, 0.15) is 13.3 Å². The highest BCUT2D eigenvalue weighted by atomic mass is 35.5. The first kappa shape index (κ1) is 15.4. The third-order valence-corrected chi connectivity index (χ3v) is 3.65. The van der Waals surface area contributed by atoms with E-state index in [2.05, 4.69) is 15.0 Å². The van der Waals surface area contributed by atoms with Gasteiger partial charge in [-0.05, 0) is 12.5 Å². The van der Waals surface area contributed by atoms with Gasteiger partial charge in [0, 0.05) is 6.54 Å². The number of hydrogen-bond donors (Lipinski definition) is 1. The molecule has 1 heterocycles. The first-order valence-electron chi connectivity index (χ1n) is 5.38. The van der Waals surface area contributed by atoms with Gasteiger partial charge in [0.25, 0.3) is 0 Å². The maximum atomic E-state index is 11.1. The average Bonchev–Trinajstić information content (AvgIpc) is 2.36. The first-order valence-corrected chi connectivity index (χ1v) is 7.12. The molecule has 1 rings (SSSR count). The number of rotatable bonds is 6. The lowest BCUT2D eigenvalue weighted by molar-refractivity contribution is -0.137. The topological polar surface area (TPSA) is 51.2 Å². The number of aromatic nitrogens is 1. The van der Waals surface area contributed by atoms with Crippen LogP contribution in [-0.4, -0.2) is 30.4 Å². The number of anilines is 1. The van der Waals surface area contributed by atoms with Gasteiger partial charge in [0.2, 0.25) is 0 Å². The van der Waals surface area contributed by atoms with Gasteiger partial charge in [-0.25, -0.2) is 4.98 Å². The monoisotopic (exact) mass is 308 g/mol. The van der Waals surface area contributed by atoms with E-state index in [9.17, 15) is 4.79 Å². The van der Waals surface area contributed by atoms with Crippen LogP contribution in [0.5, 0.6) is 0 Å². The molecule has 0 unspecified atom stereocenters. The minimum atomic E-state index is -0.323.